The van der Waals surface area contributed by atoms with E-state index in [1.807, 2.05) is 30.3 Å². The fourth-order valence-electron chi connectivity index (χ4n) is 8.14. The predicted molar refractivity (Wildman–Crippen MR) is 185 cm³/mol. The summed E-state index contributed by atoms with van der Waals surface area (Å²) in [5, 5.41) is 3.53. The van der Waals surface area contributed by atoms with E-state index >= 15 is 0 Å². The third-order valence-corrected chi connectivity index (χ3v) is 12.2. The minimum absolute atomic E-state index is 0.0876. The van der Waals surface area contributed by atoms with E-state index in [2.05, 4.69) is 15.1 Å². The Labute approximate surface area is 294 Å². The van der Waals surface area contributed by atoms with Gasteiger partial charge in [-0.3, -0.25) is 23.8 Å². The Hall–Kier alpha value is -4.21. The number of likely N-dealkylation sites (tertiary alicyclic amines) is 1. The van der Waals surface area contributed by atoms with Crippen LogP contribution in [-0.2, 0) is 19.8 Å². The Morgan fingerprint density at radius 3 is 2.33 bits per heavy atom. The van der Waals surface area contributed by atoms with Crippen LogP contribution in [0.1, 0.15) is 65.9 Å². The molecule has 3 N–H and O–H groups in total. The second-order valence-electron chi connectivity index (χ2n) is 14.2. The highest BCUT2D eigenvalue weighted by Gasteiger charge is 2.51. The summed E-state index contributed by atoms with van der Waals surface area (Å²) < 4.78 is 40.5. The second-order valence-corrected chi connectivity index (χ2v) is 15.9. The van der Waals surface area contributed by atoms with Gasteiger partial charge in [-0.2, -0.15) is 8.78 Å². The summed E-state index contributed by atoms with van der Waals surface area (Å²) in [5.41, 5.74) is -4.20. The van der Waals surface area contributed by atoms with Crippen molar-refractivity contribution in [3.8, 4) is 0 Å². The van der Waals surface area contributed by atoms with Gasteiger partial charge >= 0.3 is 13.3 Å². The van der Waals surface area contributed by atoms with Crippen molar-refractivity contribution in [3.05, 3.63) is 94.8 Å². The van der Waals surface area contributed by atoms with Gasteiger partial charge in [-0.1, -0.05) is 55.0 Å². The van der Waals surface area contributed by atoms with Crippen molar-refractivity contribution in [2.45, 2.75) is 80.3 Å². The number of nitrogens with zero attached hydrogens (tertiary/aromatic N) is 4. The lowest BCUT2D eigenvalue weighted by Crippen LogP contribution is -2.61. The zero-order valence-corrected chi connectivity index (χ0v) is 28.8. The molecule has 3 heterocycles. The van der Waals surface area contributed by atoms with Crippen LogP contribution in [0.3, 0.4) is 0 Å². The lowest BCUT2D eigenvalue weighted by Gasteiger charge is -2.44. The van der Waals surface area contributed by atoms with E-state index in [1.54, 1.807) is 15.9 Å². The number of hydrogen-bond donors (Lipinski definition) is 3. The van der Waals surface area contributed by atoms with Crippen LogP contribution in [0, 0.1) is 6.57 Å². The Morgan fingerprint density at radius 1 is 0.902 bits per heavy atom. The van der Waals surface area contributed by atoms with Gasteiger partial charge in [0.15, 0.2) is 0 Å². The van der Waals surface area contributed by atoms with Gasteiger partial charge in [-0.15, -0.1) is 0 Å². The Bertz CT molecular complexity index is 1930. The SMILES string of the molecule is [C-]#[N+][C@H]1CN(C(=O)[C@@H]2CC[C@@H]3CN(C4CCC4)CC[C@H](NC(=O)c4ccc5ccc(C(F)(F)P(=O)(O)O)cc5c4)C(=O)N32)C[C@@H]1c1ccccc1. The Morgan fingerprint density at radius 2 is 1.65 bits per heavy atom. The molecule has 0 bridgehead atoms. The summed E-state index contributed by atoms with van der Waals surface area (Å²) in [4.78, 5) is 70.4. The van der Waals surface area contributed by atoms with Gasteiger partial charge in [0.25, 0.3) is 5.91 Å². The van der Waals surface area contributed by atoms with Crippen LogP contribution < -0.4 is 5.32 Å². The largest absolute Gasteiger partial charge is 0.399 e. The molecule has 0 aromatic heterocycles. The monoisotopic (exact) mass is 719 g/mol. The molecule has 14 heteroatoms. The number of nitrogens with one attached hydrogen (secondary N) is 1. The molecule has 5 atom stereocenters. The smallest absolute Gasteiger partial charge is 0.340 e. The number of rotatable bonds is 7. The molecule has 4 aliphatic rings. The first-order valence-electron chi connectivity index (χ1n) is 17.4. The molecule has 268 valence electrons. The van der Waals surface area contributed by atoms with Crippen molar-refractivity contribution < 1.29 is 37.5 Å². The summed E-state index contributed by atoms with van der Waals surface area (Å²) in [6.45, 7) is 9.71. The zero-order valence-electron chi connectivity index (χ0n) is 27.9. The molecule has 1 aliphatic carbocycles. The fourth-order valence-corrected chi connectivity index (χ4v) is 8.61. The number of hydrogen-bond acceptors (Lipinski definition) is 5. The molecule has 3 aromatic carbocycles. The first-order chi connectivity index (χ1) is 24.4. The van der Waals surface area contributed by atoms with Gasteiger partial charge < -0.3 is 29.7 Å². The molecule has 3 aliphatic heterocycles. The van der Waals surface area contributed by atoms with Crippen molar-refractivity contribution in [1.29, 1.82) is 0 Å². The number of amides is 3. The topological polar surface area (TPSA) is 135 Å². The van der Waals surface area contributed by atoms with Crippen LogP contribution in [0.5, 0.6) is 0 Å². The molecule has 11 nitrogen and oxygen atoms in total. The van der Waals surface area contributed by atoms with Gasteiger partial charge in [0.2, 0.25) is 17.9 Å². The molecule has 0 radical (unpaired) electrons. The first kappa shape index (κ1) is 35.2. The second kappa shape index (κ2) is 13.7. The summed E-state index contributed by atoms with van der Waals surface area (Å²) in [5.74, 6) is -1.27. The van der Waals surface area contributed by atoms with Crippen LogP contribution in [-0.4, -0.2) is 98.6 Å². The maximum absolute atomic E-state index is 14.5. The van der Waals surface area contributed by atoms with E-state index in [9.17, 15) is 37.5 Å². The molecule has 3 saturated heterocycles. The zero-order chi connectivity index (χ0) is 36.1. The maximum Gasteiger partial charge on any atom is 0.399 e. The number of carbonyl (C=O) groups is 3. The van der Waals surface area contributed by atoms with Crippen molar-refractivity contribution >= 4 is 36.1 Å². The lowest BCUT2D eigenvalue weighted by atomic mass is 9.90. The van der Waals surface area contributed by atoms with Crippen LogP contribution in [0.15, 0.2) is 66.7 Å². The third-order valence-electron chi connectivity index (χ3n) is 11.2. The Balaban J connectivity index is 1.14. The van der Waals surface area contributed by atoms with Gasteiger partial charge in [0, 0.05) is 42.8 Å². The highest BCUT2D eigenvalue weighted by atomic mass is 31.2. The highest BCUT2D eigenvalue weighted by Crippen LogP contribution is 2.59. The number of alkyl halides is 2. The van der Waals surface area contributed by atoms with Gasteiger partial charge in [0.1, 0.15) is 12.1 Å². The third kappa shape index (κ3) is 6.66. The van der Waals surface area contributed by atoms with E-state index < -0.39 is 42.9 Å². The average Bonchev–Trinajstić information content (AvgIpc) is 3.72. The maximum atomic E-state index is 14.5. The predicted octanol–water partition coefficient (Wildman–Crippen LogP) is 4.70. The van der Waals surface area contributed by atoms with E-state index in [0.717, 1.165) is 37.0 Å². The molecule has 0 unspecified atom stereocenters. The Kier molecular flexibility index (Phi) is 9.48. The summed E-state index contributed by atoms with van der Waals surface area (Å²) in [6.07, 6.45) is 4.66. The number of fused-ring (bicyclic) bond motifs is 2. The van der Waals surface area contributed by atoms with Gasteiger partial charge in [0.05, 0.1) is 12.5 Å². The fraction of sp³-hybridized carbons (Fsp3) is 0.459. The van der Waals surface area contributed by atoms with Crippen LogP contribution in [0.25, 0.3) is 15.6 Å². The molecule has 3 amide bonds. The molecule has 0 spiro atoms. The number of carbonyl (C=O) groups excluding carboxylic acids is 3. The summed E-state index contributed by atoms with van der Waals surface area (Å²) >= 11 is 0. The van der Waals surface area contributed by atoms with Crippen molar-refractivity contribution in [2.24, 2.45) is 0 Å². The minimum atomic E-state index is -5.80. The van der Waals surface area contributed by atoms with E-state index in [-0.39, 0.29) is 41.3 Å². The number of halogens is 2. The van der Waals surface area contributed by atoms with Gasteiger partial charge in [-0.25, -0.2) is 6.57 Å². The molecule has 51 heavy (non-hydrogen) atoms. The lowest BCUT2D eigenvalue weighted by molar-refractivity contribution is -0.147. The van der Waals surface area contributed by atoms with Crippen molar-refractivity contribution in [3.63, 3.8) is 0 Å². The molecule has 1 saturated carbocycles. The van der Waals surface area contributed by atoms with Crippen LogP contribution >= 0.6 is 7.60 Å². The average molecular weight is 720 g/mol. The van der Waals surface area contributed by atoms with Crippen LogP contribution in [0.2, 0.25) is 0 Å². The van der Waals surface area contributed by atoms with Crippen LogP contribution in [0.4, 0.5) is 8.78 Å². The molecular formula is C37H40F2N5O6P. The van der Waals surface area contributed by atoms with E-state index in [1.165, 1.54) is 18.2 Å². The van der Waals surface area contributed by atoms with E-state index in [4.69, 9.17) is 6.57 Å². The standard InChI is InChI=1S/C37H40F2N5O6P/c1-40-32-22-43(21-30(32)24-6-3-2-4-7-24)36(47)33-15-14-29-20-42(28-8-5-9-28)17-16-31(35(46)44(29)33)41-34(45)25-11-10-23-12-13-27(19-26(23)18-25)37(38,39)51(48,49)50/h2-4,6-7,10-13,18-19,28-33H,5,8-9,14-17,20-22H2,(H,41,45)(H2,48,49,50)/t29-,30-,31+,32+,33+/m1/s1. The summed E-state index contributed by atoms with van der Waals surface area (Å²) in [7, 11) is -5.80. The quantitative estimate of drug-likeness (QED) is 0.238. The highest BCUT2D eigenvalue weighted by molar-refractivity contribution is 7.52. The number of benzene rings is 3. The molecule has 7 rings (SSSR count). The van der Waals surface area contributed by atoms with Crippen molar-refractivity contribution in [1.82, 2.24) is 20.0 Å². The molecule has 4 fully saturated rings. The molecular weight excluding hydrogens is 679 g/mol. The molecule has 3 aromatic rings. The normalized spacial score (nSPS) is 26.3. The first-order valence-corrected chi connectivity index (χ1v) is 19.0. The van der Waals surface area contributed by atoms with Gasteiger partial charge in [-0.05, 0) is 66.6 Å². The van der Waals surface area contributed by atoms with E-state index in [0.29, 0.717) is 50.3 Å². The summed E-state index contributed by atoms with van der Waals surface area (Å²) in [6, 6.07) is 15.4. The minimum Gasteiger partial charge on any atom is -0.340 e. The van der Waals surface area contributed by atoms with Crippen molar-refractivity contribution in [2.75, 3.05) is 26.2 Å².